The van der Waals surface area contributed by atoms with Crippen molar-refractivity contribution in [1.29, 1.82) is 0 Å². The van der Waals surface area contributed by atoms with Crippen molar-refractivity contribution < 1.29 is 4.74 Å². The molecule has 2 bridgehead atoms. The summed E-state index contributed by atoms with van der Waals surface area (Å²) in [5.74, 6) is 1.75. The molecule has 90 valence electrons. The normalized spacial score (nSPS) is 30.9. The predicted octanol–water partition coefficient (Wildman–Crippen LogP) is 2.74. The van der Waals surface area contributed by atoms with E-state index in [4.69, 9.17) is 17.0 Å². The van der Waals surface area contributed by atoms with Gasteiger partial charge in [0.25, 0.3) is 0 Å². The molecular formula is C12H19NOS2. The van der Waals surface area contributed by atoms with Gasteiger partial charge in [0.1, 0.15) is 4.32 Å². The molecule has 0 aromatic rings. The van der Waals surface area contributed by atoms with Gasteiger partial charge in [-0.2, -0.15) is 0 Å². The van der Waals surface area contributed by atoms with Crippen LogP contribution in [0, 0.1) is 5.92 Å². The standard InChI is InChI=1S/C12H19NOS2/c1-2-3-6-13-12(15)16-8-9-7-10-4-5-11(9)14-10/h4-5,9-11H,2-3,6-8H2,1H3,(H,13,15). The second kappa shape index (κ2) is 6.03. The highest BCUT2D eigenvalue weighted by molar-refractivity contribution is 8.22. The van der Waals surface area contributed by atoms with Gasteiger partial charge in [0, 0.05) is 18.2 Å². The first-order chi connectivity index (χ1) is 7.79. The van der Waals surface area contributed by atoms with Crippen LogP contribution in [0.25, 0.3) is 0 Å². The highest BCUT2D eigenvalue weighted by Gasteiger charge is 2.36. The van der Waals surface area contributed by atoms with E-state index >= 15 is 0 Å². The Morgan fingerprint density at radius 3 is 3.06 bits per heavy atom. The van der Waals surface area contributed by atoms with Crippen LogP contribution < -0.4 is 5.32 Å². The molecule has 0 aliphatic carbocycles. The second-order valence-corrected chi connectivity index (χ2v) is 6.10. The molecule has 4 heteroatoms. The molecule has 3 unspecified atom stereocenters. The van der Waals surface area contributed by atoms with Crippen LogP contribution in [0.3, 0.4) is 0 Å². The molecule has 2 heterocycles. The zero-order valence-electron chi connectivity index (χ0n) is 9.65. The van der Waals surface area contributed by atoms with Crippen LogP contribution in [0.2, 0.25) is 0 Å². The van der Waals surface area contributed by atoms with E-state index in [9.17, 15) is 0 Å². The second-order valence-electron chi connectivity index (χ2n) is 4.40. The fraction of sp³-hybridized carbons (Fsp3) is 0.750. The van der Waals surface area contributed by atoms with Gasteiger partial charge in [-0.25, -0.2) is 0 Å². The number of nitrogens with one attached hydrogen (secondary N) is 1. The largest absolute Gasteiger partial charge is 0.371 e. The number of thiocarbonyl (C=S) groups is 1. The lowest BCUT2D eigenvalue weighted by Crippen LogP contribution is -2.22. The van der Waals surface area contributed by atoms with Crippen LogP contribution in [0.1, 0.15) is 26.2 Å². The van der Waals surface area contributed by atoms with Crippen LogP contribution in [0.15, 0.2) is 12.2 Å². The quantitative estimate of drug-likeness (QED) is 0.464. The summed E-state index contributed by atoms with van der Waals surface area (Å²) < 4.78 is 6.67. The summed E-state index contributed by atoms with van der Waals surface area (Å²) in [5, 5.41) is 3.29. The fourth-order valence-electron chi connectivity index (χ4n) is 2.12. The Bertz CT molecular complexity index is 280. The monoisotopic (exact) mass is 257 g/mol. The molecule has 0 radical (unpaired) electrons. The van der Waals surface area contributed by atoms with E-state index in [0.717, 1.165) is 16.6 Å². The van der Waals surface area contributed by atoms with Crippen molar-refractivity contribution in [2.75, 3.05) is 12.3 Å². The molecule has 2 rings (SSSR count). The summed E-state index contributed by atoms with van der Waals surface area (Å²) in [5.41, 5.74) is 0. The molecule has 2 aliphatic heterocycles. The first-order valence-electron chi connectivity index (χ1n) is 6.04. The Balaban J connectivity index is 1.61. The number of hydrogen-bond donors (Lipinski definition) is 1. The van der Waals surface area contributed by atoms with Gasteiger partial charge < -0.3 is 10.1 Å². The van der Waals surface area contributed by atoms with E-state index in [2.05, 4.69) is 24.4 Å². The maximum Gasteiger partial charge on any atom is 0.133 e. The van der Waals surface area contributed by atoms with Gasteiger partial charge in [-0.1, -0.05) is 49.5 Å². The number of fused-ring (bicyclic) bond motifs is 2. The van der Waals surface area contributed by atoms with Gasteiger partial charge in [-0.3, -0.25) is 0 Å². The van der Waals surface area contributed by atoms with Gasteiger partial charge in [0.15, 0.2) is 0 Å². The third-order valence-corrected chi connectivity index (χ3v) is 4.57. The molecule has 1 fully saturated rings. The zero-order valence-corrected chi connectivity index (χ0v) is 11.3. The maximum atomic E-state index is 5.73. The van der Waals surface area contributed by atoms with E-state index in [0.29, 0.717) is 18.1 Å². The highest BCUT2D eigenvalue weighted by atomic mass is 32.2. The Hall–Kier alpha value is -0.0600. The fourth-order valence-corrected chi connectivity index (χ4v) is 3.33. The average Bonchev–Trinajstić information content (AvgIpc) is 2.88. The molecule has 1 saturated heterocycles. The Morgan fingerprint density at radius 1 is 1.56 bits per heavy atom. The van der Waals surface area contributed by atoms with Crippen molar-refractivity contribution in [1.82, 2.24) is 5.32 Å². The van der Waals surface area contributed by atoms with E-state index in [1.807, 2.05) is 0 Å². The molecule has 0 spiro atoms. The molecular weight excluding hydrogens is 238 g/mol. The first kappa shape index (κ1) is 12.4. The van der Waals surface area contributed by atoms with Crippen molar-refractivity contribution in [2.24, 2.45) is 5.92 Å². The predicted molar refractivity (Wildman–Crippen MR) is 73.9 cm³/mol. The van der Waals surface area contributed by atoms with E-state index < -0.39 is 0 Å². The third kappa shape index (κ3) is 3.22. The Kier molecular flexibility index (Phi) is 4.67. The minimum atomic E-state index is 0.357. The van der Waals surface area contributed by atoms with Crippen LogP contribution in [0.5, 0.6) is 0 Å². The molecule has 2 nitrogen and oxygen atoms in total. The third-order valence-electron chi connectivity index (χ3n) is 3.08. The Morgan fingerprint density at radius 2 is 2.44 bits per heavy atom. The lowest BCUT2D eigenvalue weighted by atomic mass is 9.96. The molecule has 0 saturated carbocycles. The highest BCUT2D eigenvalue weighted by Crippen LogP contribution is 2.35. The van der Waals surface area contributed by atoms with Gasteiger partial charge in [-0.05, 0) is 12.8 Å². The minimum Gasteiger partial charge on any atom is -0.371 e. The molecule has 0 amide bonds. The van der Waals surface area contributed by atoms with Gasteiger partial charge in [0.2, 0.25) is 0 Å². The van der Waals surface area contributed by atoms with E-state index in [1.165, 1.54) is 19.3 Å². The number of hydrogen-bond acceptors (Lipinski definition) is 3. The van der Waals surface area contributed by atoms with Gasteiger partial charge in [-0.15, -0.1) is 0 Å². The summed E-state index contributed by atoms with van der Waals surface area (Å²) in [7, 11) is 0. The van der Waals surface area contributed by atoms with Crippen LogP contribution >= 0.6 is 24.0 Å². The van der Waals surface area contributed by atoms with Crippen molar-refractivity contribution in [2.45, 2.75) is 38.4 Å². The minimum absolute atomic E-state index is 0.357. The van der Waals surface area contributed by atoms with E-state index in [-0.39, 0.29) is 0 Å². The number of unbranched alkanes of at least 4 members (excludes halogenated alkanes) is 1. The molecule has 1 N–H and O–H groups in total. The van der Waals surface area contributed by atoms with Crippen molar-refractivity contribution in [3.8, 4) is 0 Å². The number of rotatable bonds is 5. The molecule has 0 aromatic carbocycles. The molecule has 3 atom stereocenters. The number of thioether (sulfide) groups is 1. The molecule has 0 aromatic heterocycles. The average molecular weight is 257 g/mol. The molecule has 2 aliphatic rings. The summed E-state index contributed by atoms with van der Waals surface area (Å²) in [6.07, 6.45) is 8.71. The van der Waals surface area contributed by atoms with Crippen LogP contribution in [-0.4, -0.2) is 28.8 Å². The van der Waals surface area contributed by atoms with Crippen LogP contribution in [-0.2, 0) is 4.74 Å². The summed E-state index contributed by atoms with van der Waals surface area (Å²) in [4.78, 5) is 0. The maximum absolute atomic E-state index is 5.73. The van der Waals surface area contributed by atoms with Crippen molar-refractivity contribution in [3.63, 3.8) is 0 Å². The SMILES string of the molecule is CCCCNC(=S)SCC1CC2C=CC1O2. The van der Waals surface area contributed by atoms with Crippen molar-refractivity contribution in [3.05, 3.63) is 12.2 Å². The topological polar surface area (TPSA) is 21.3 Å². The molecule has 16 heavy (non-hydrogen) atoms. The summed E-state index contributed by atoms with van der Waals surface area (Å²) in [6.45, 7) is 3.20. The summed E-state index contributed by atoms with van der Waals surface area (Å²) in [6, 6.07) is 0. The van der Waals surface area contributed by atoms with Crippen molar-refractivity contribution >= 4 is 28.3 Å². The first-order valence-corrected chi connectivity index (χ1v) is 7.43. The van der Waals surface area contributed by atoms with E-state index in [1.54, 1.807) is 11.8 Å². The zero-order chi connectivity index (χ0) is 11.4. The van der Waals surface area contributed by atoms with Gasteiger partial charge in [0.05, 0.1) is 12.2 Å². The lowest BCUT2D eigenvalue weighted by molar-refractivity contribution is 0.111. The smallest absolute Gasteiger partial charge is 0.133 e. The number of ether oxygens (including phenoxy) is 1. The van der Waals surface area contributed by atoms with Crippen LogP contribution in [0.4, 0.5) is 0 Å². The van der Waals surface area contributed by atoms with Gasteiger partial charge >= 0.3 is 0 Å². The Labute approximate surface area is 107 Å². The summed E-state index contributed by atoms with van der Waals surface area (Å²) >= 11 is 7.05. The lowest BCUT2D eigenvalue weighted by Gasteiger charge is -2.15.